The van der Waals surface area contributed by atoms with Gasteiger partial charge in [-0.25, -0.2) is 0 Å². The van der Waals surface area contributed by atoms with Crippen LogP contribution in [-0.2, 0) is 9.53 Å². The van der Waals surface area contributed by atoms with Crippen LogP contribution in [0.3, 0.4) is 0 Å². The number of hydrogen-bond acceptors (Lipinski definition) is 7. The third kappa shape index (κ3) is 13.1. The summed E-state index contributed by atoms with van der Waals surface area (Å²) in [6, 6.07) is 6.70. The van der Waals surface area contributed by atoms with Crippen molar-refractivity contribution >= 4 is 36.6 Å². The Bertz CT molecular complexity index is 884. The highest BCUT2D eigenvalue weighted by Crippen LogP contribution is 2.22. The van der Waals surface area contributed by atoms with Crippen molar-refractivity contribution in [3.8, 4) is 5.75 Å². The SMILES string of the molecule is COCCCCOc1ccccc1C(=O)NC[C@@H](C[C@H](N)[C@@H](O)CNC(=O)C(C)(C)N1CCCCC1)C(C)C.Cl.Cl. The summed E-state index contributed by atoms with van der Waals surface area (Å²) in [4.78, 5) is 28.1. The third-order valence-corrected chi connectivity index (χ3v) is 7.84. The van der Waals surface area contributed by atoms with Gasteiger partial charge in [0.15, 0.2) is 0 Å². The Balaban J connectivity index is 0.00000800. The van der Waals surface area contributed by atoms with Gasteiger partial charge in [0.05, 0.1) is 23.8 Å². The van der Waals surface area contributed by atoms with E-state index in [1.807, 2.05) is 26.0 Å². The van der Waals surface area contributed by atoms with Crippen LogP contribution in [0, 0.1) is 11.8 Å². The Labute approximate surface area is 259 Å². The molecule has 1 aliphatic rings. The third-order valence-electron chi connectivity index (χ3n) is 7.84. The lowest BCUT2D eigenvalue weighted by Crippen LogP contribution is -2.58. The van der Waals surface area contributed by atoms with Crippen molar-refractivity contribution in [3.05, 3.63) is 29.8 Å². The van der Waals surface area contributed by atoms with Crippen molar-refractivity contribution in [1.29, 1.82) is 0 Å². The van der Waals surface area contributed by atoms with E-state index in [2.05, 4.69) is 29.4 Å². The number of nitrogens with zero attached hydrogens (tertiary/aromatic N) is 1. The molecule has 11 heteroatoms. The molecule has 2 rings (SSSR count). The van der Waals surface area contributed by atoms with Gasteiger partial charge in [-0.1, -0.05) is 32.4 Å². The average molecular weight is 622 g/mol. The van der Waals surface area contributed by atoms with Crippen LogP contribution in [0.1, 0.15) is 76.6 Å². The Morgan fingerprint density at radius 2 is 1.66 bits per heavy atom. The summed E-state index contributed by atoms with van der Waals surface area (Å²) in [5, 5.41) is 16.7. The second kappa shape index (κ2) is 20.3. The monoisotopic (exact) mass is 620 g/mol. The molecule has 0 bridgehead atoms. The number of benzene rings is 1. The smallest absolute Gasteiger partial charge is 0.255 e. The Morgan fingerprint density at radius 3 is 2.29 bits per heavy atom. The van der Waals surface area contributed by atoms with Crippen LogP contribution in [0.5, 0.6) is 5.75 Å². The molecule has 1 aromatic carbocycles. The Hall–Kier alpha value is -1.62. The number of nitrogens with one attached hydrogen (secondary N) is 2. The minimum atomic E-state index is -0.879. The van der Waals surface area contributed by atoms with E-state index in [4.69, 9.17) is 15.2 Å². The number of hydrogen-bond donors (Lipinski definition) is 4. The van der Waals surface area contributed by atoms with Gasteiger partial charge < -0.3 is 30.9 Å². The van der Waals surface area contributed by atoms with Crippen LogP contribution < -0.4 is 21.1 Å². The molecule has 1 fully saturated rings. The first kappa shape index (κ1) is 39.4. The first-order valence-corrected chi connectivity index (χ1v) is 14.5. The molecule has 0 aromatic heterocycles. The summed E-state index contributed by atoms with van der Waals surface area (Å²) in [5.41, 5.74) is 6.24. The zero-order chi connectivity index (χ0) is 28.8. The molecule has 3 atom stereocenters. The number of methoxy groups -OCH3 is 1. The predicted octanol–water partition coefficient (Wildman–Crippen LogP) is 3.80. The molecule has 1 aromatic rings. The van der Waals surface area contributed by atoms with Gasteiger partial charge in [-0.2, -0.15) is 0 Å². The van der Waals surface area contributed by atoms with Crippen LogP contribution in [0.25, 0.3) is 0 Å². The minimum Gasteiger partial charge on any atom is -0.493 e. The van der Waals surface area contributed by atoms with Gasteiger partial charge >= 0.3 is 0 Å². The molecule has 5 N–H and O–H groups in total. The van der Waals surface area contributed by atoms with Crippen LogP contribution in [0.4, 0.5) is 0 Å². The van der Waals surface area contributed by atoms with Gasteiger partial charge in [-0.15, -0.1) is 24.8 Å². The maximum Gasteiger partial charge on any atom is 0.255 e. The number of likely N-dealkylation sites (tertiary alicyclic amines) is 1. The summed E-state index contributed by atoms with van der Waals surface area (Å²) in [6.07, 6.45) is 4.78. The van der Waals surface area contributed by atoms with Crippen molar-refractivity contribution in [1.82, 2.24) is 15.5 Å². The highest BCUT2D eigenvalue weighted by atomic mass is 35.5. The zero-order valence-electron chi connectivity index (χ0n) is 25.5. The number of carbonyl (C=O) groups excluding carboxylic acids is 2. The van der Waals surface area contributed by atoms with Gasteiger partial charge in [-0.3, -0.25) is 14.5 Å². The number of rotatable bonds is 17. The number of nitrogens with two attached hydrogens (primary N) is 1. The lowest BCUT2D eigenvalue weighted by molar-refractivity contribution is -0.132. The number of aliphatic hydroxyl groups is 1. The molecule has 238 valence electrons. The molecule has 1 aliphatic heterocycles. The molecular weight excluding hydrogens is 567 g/mol. The van der Waals surface area contributed by atoms with E-state index in [1.54, 1.807) is 19.2 Å². The molecular formula is C30H54Cl2N4O5. The molecule has 9 nitrogen and oxygen atoms in total. The molecule has 1 saturated heterocycles. The van der Waals surface area contributed by atoms with Crippen LogP contribution >= 0.6 is 24.8 Å². The largest absolute Gasteiger partial charge is 0.493 e. The fraction of sp³-hybridized carbons (Fsp3) is 0.733. The maximum absolute atomic E-state index is 13.0. The quantitative estimate of drug-likeness (QED) is 0.195. The predicted molar refractivity (Wildman–Crippen MR) is 169 cm³/mol. The lowest BCUT2D eigenvalue weighted by atomic mass is 9.87. The number of ether oxygens (including phenoxy) is 2. The average Bonchev–Trinajstić information content (AvgIpc) is 2.93. The summed E-state index contributed by atoms with van der Waals surface area (Å²) < 4.78 is 10.9. The zero-order valence-corrected chi connectivity index (χ0v) is 27.2. The number of unbranched alkanes of at least 4 members (excludes halogenated alkanes) is 1. The van der Waals surface area contributed by atoms with Crippen molar-refractivity contribution in [2.75, 3.05) is 46.5 Å². The Morgan fingerprint density at radius 1 is 1.02 bits per heavy atom. The van der Waals surface area contributed by atoms with Crippen molar-refractivity contribution < 1.29 is 24.2 Å². The minimum absolute atomic E-state index is 0. The first-order chi connectivity index (χ1) is 18.6. The van der Waals surface area contributed by atoms with Crippen molar-refractivity contribution in [2.24, 2.45) is 17.6 Å². The molecule has 0 spiro atoms. The fourth-order valence-electron chi connectivity index (χ4n) is 4.89. The molecule has 2 amide bonds. The maximum atomic E-state index is 13.0. The van der Waals surface area contributed by atoms with E-state index in [0.717, 1.165) is 38.8 Å². The van der Waals surface area contributed by atoms with E-state index in [0.29, 0.717) is 37.5 Å². The van der Waals surface area contributed by atoms with E-state index < -0.39 is 17.7 Å². The van der Waals surface area contributed by atoms with Gasteiger partial charge in [0.2, 0.25) is 5.91 Å². The summed E-state index contributed by atoms with van der Waals surface area (Å²) >= 11 is 0. The first-order valence-electron chi connectivity index (χ1n) is 14.5. The highest BCUT2D eigenvalue weighted by molar-refractivity contribution is 5.96. The number of aliphatic hydroxyl groups excluding tert-OH is 1. The van der Waals surface area contributed by atoms with E-state index in [-0.39, 0.29) is 55.0 Å². The molecule has 0 saturated carbocycles. The molecule has 0 radical (unpaired) electrons. The normalized spacial score (nSPS) is 16.1. The topological polar surface area (TPSA) is 126 Å². The molecule has 41 heavy (non-hydrogen) atoms. The number of amides is 2. The van der Waals surface area contributed by atoms with Crippen LogP contribution in [-0.4, -0.2) is 86.0 Å². The van der Waals surface area contributed by atoms with E-state index >= 15 is 0 Å². The Kier molecular flexibility index (Phi) is 19.5. The van der Waals surface area contributed by atoms with Crippen molar-refractivity contribution in [3.63, 3.8) is 0 Å². The summed E-state index contributed by atoms with van der Waals surface area (Å²) in [5.74, 6) is 0.561. The molecule has 0 unspecified atom stereocenters. The number of halogens is 2. The van der Waals surface area contributed by atoms with Crippen LogP contribution in [0.15, 0.2) is 24.3 Å². The second-order valence-corrected chi connectivity index (χ2v) is 11.5. The standard InChI is InChI=1S/C30H52N4O5.2ClH/c1-22(2)23(20-32-28(36)24-13-7-8-14-27(24)39-18-12-11-17-38-5)19-25(31)26(35)21-33-29(37)30(3,4)34-15-9-6-10-16-34;;/h7-8,13-14,22-23,25-26,35H,6,9-12,15-21,31H2,1-5H3,(H,32,36)(H,33,37);2*1H/t23-,25+,26+;;/m1../s1. The second-order valence-electron chi connectivity index (χ2n) is 11.5. The van der Waals surface area contributed by atoms with Gasteiger partial charge in [0, 0.05) is 32.8 Å². The summed E-state index contributed by atoms with van der Waals surface area (Å²) in [6.45, 7) is 11.6. The number of para-hydroxylation sites is 1. The highest BCUT2D eigenvalue weighted by Gasteiger charge is 2.35. The fourth-order valence-corrected chi connectivity index (χ4v) is 4.89. The van der Waals surface area contributed by atoms with E-state index in [9.17, 15) is 14.7 Å². The van der Waals surface area contributed by atoms with Gasteiger partial charge in [-0.05, 0) is 83.0 Å². The molecule has 1 heterocycles. The van der Waals surface area contributed by atoms with E-state index in [1.165, 1.54) is 6.42 Å². The van der Waals surface area contributed by atoms with Crippen molar-refractivity contribution in [2.45, 2.75) is 83.9 Å². The molecule has 0 aliphatic carbocycles. The van der Waals surface area contributed by atoms with Gasteiger partial charge in [0.25, 0.3) is 5.91 Å². The van der Waals surface area contributed by atoms with Gasteiger partial charge in [0.1, 0.15) is 5.75 Å². The number of piperidine rings is 1. The lowest BCUT2D eigenvalue weighted by Gasteiger charge is -2.39. The number of carbonyl (C=O) groups is 2. The van der Waals surface area contributed by atoms with Crippen LogP contribution in [0.2, 0.25) is 0 Å². The summed E-state index contributed by atoms with van der Waals surface area (Å²) in [7, 11) is 1.67.